The molecule has 0 spiro atoms. The quantitative estimate of drug-likeness (QED) is 0.634. The third-order valence-electron chi connectivity index (χ3n) is 1.88. The molecule has 1 aromatic heterocycles. The summed E-state index contributed by atoms with van der Waals surface area (Å²) < 4.78 is 3.35. The van der Waals surface area contributed by atoms with E-state index in [0.29, 0.717) is 13.0 Å². The number of terminal acetylenes is 1. The van der Waals surface area contributed by atoms with Gasteiger partial charge < -0.3 is 0 Å². The van der Waals surface area contributed by atoms with E-state index in [9.17, 15) is 4.79 Å². The van der Waals surface area contributed by atoms with Gasteiger partial charge in [-0.1, -0.05) is 6.92 Å². The minimum Gasteiger partial charge on any atom is -0.299 e. The summed E-state index contributed by atoms with van der Waals surface area (Å²) in [4.78, 5) is 11.5. The molecule has 0 unspecified atom stereocenters. The molecule has 0 saturated heterocycles. The van der Waals surface area contributed by atoms with Crippen LogP contribution in [0.3, 0.4) is 0 Å². The molecule has 0 aliphatic rings. The summed E-state index contributed by atoms with van der Waals surface area (Å²) in [5.74, 6) is 2.52. The van der Waals surface area contributed by atoms with E-state index in [1.807, 2.05) is 13.1 Å². The molecule has 0 saturated carbocycles. The molecule has 0 amide bonds. The SMILES string of the molecule is C#CCCn1ccn(CCC)c1=O. The van der Waals surface area contributed by atoms with Crippen LogP contribution in [0.2, 0.25) is 0 Å². The zero-order valence-corrected chi connectivity index (χ0v) is 7.86. The Morgan fingerprint density at radius 1 is 1.38 bits per heavy atom. The molecule has 1 heterocycles. The Labute approximate surface area is 78.0 Å². The van der Waals surface area contributed by atoms with Crippen molar-refractivity contribution in [1.29, 1.82) is 0 Å². The maximum absolute atomic E-state index is 11.5. The lowest BCUT2D eigenvalue weighted by molar-refractivity contribution is 0.607. The molecule has 1 aromatic rings. The van der Waals surface area contributed by atoms with Crippen LogP contribution in [0.5, 0.6) is 0 Å². The summed E-state index contributed by atoms with van der Waals surface area (Å²) in [5, 5.41) is 0. The van der Waals surface area contributed by atoms with Gasteiger partial charge in [-0.3, -0.25) is 9.13 Å². The van der Waals surface area contributed by atoms with Gasteiger partial charge in [0.25, 0.3) is 0 Å². The van der Waals surface area contributed by atoms with E-state index in [4.69, 9.17) is 6.42 Å². The van der Waals surface area contributed by atoms with Gasteiger partial charge in [0.15, 0.2) is 0 Å². The van der Waals surface area contributed by atoms with Crippen molar-refractivity contribution < 1.29 is 0 Å². The van der Waals surface area contributed by atoms with E-state index in [-0.39, 0.29) is 5.69 Å². The Kier molecular flexibility index (Phi) is 3.39. The molecular formula is C10H14N2O. The largest absolute Gasteiger partial charge is 0.328 e. The van der Waals surface area contributed by atoms with Crippen LogP contribution in [0.15, 0.2) is 17.2 Å². The van der Waals surface area contributed by atoms with E-state index in [1.165, 1.54) is 0 Å². The Hall–Kier alpha value is -1.43. The highest BCUT2D eigenvalue weighted by Gasteiger charge is 2.00. The average molecular weight is 178 g/mol. The van der Waals surface area contributed by atoms with Crippen molar-refractivity contribution in [3.05, 3.63) is 22.9 Å². The van der Waals surface area contributed by atoms with Gasteiger partial charge in [0.1, 0.15) is 0 Å². The van der Waals surface area contributed by atoms with Crippen LogP contribution in [0.25, 0.3) is 0 Å². The van der Waals surface area contributed by atoms with Gasteiger partial charge in [-0.2, -0.15) is 0 Å². The maximum Gasteiger partial charge on any atom is 0.328 e. The van der Waals surface area contributed by atoms with Gasteiger partial charge in [0.05, 0.1) is 0 Å². The van der Waals surface area contributed by atoms with E-state index in [2.05, 4.69) is 5.92 Å². The van der Waals surface area contributed by atoms with Gasteiger partial charge in [-0.05, 0) is 6.42 Å². The topological polar surface area (TPSA) is 26.9 Å². The van der Waals surface area contributed by atoms with Crippen molar-refractivity contribution >= 4 is 0 Å². The number of nitrogens with zero attached hydrogens (tertiary/aromatic N) is 2. The van der Waals surface area contributed by atoms with Crippen LogP contribution in [-0.4, -0.2) is 9.13 Å². The van der Waals surface area contributed by atoms with Crippen LogP contribution < -0.4 is 5.69 Å². The predicted molar refractivity (Wildman–Crippen MR) is 52.4 cm³/mol. The predicted octanol–water partition coefficient (Wildman–Crippen LogP) is 1.08. The number of hydrogen-bond acceptors (Lipinski definition) is 1. The third-order valence-corrected chi connectivity index (χ3v) is 1.88. The van der Waals surface area contributed by atoms with Crippen LogP contribution in [-0.2, 0) is 13.1 Å². The molecule has 13 heavy (non-hydrogen) atoms. The summed E-state index contributed by atoms with van der Waals surface area (Å²) in [6.45, 7) is 3.44. The van der Waals surface area contributed by atoms with Gasteiger partial charge in [-0.15, -0.1) is 12.3 Å². The van der Waals surface area contributed by atoms with Gasteiger partial charge in [0.2, 0.25) is 0 Å². The van der Waals surface area contributed by atoms with E-state index >= 15 is 0 Å². The fraction of sp³-hybridized carbons (Fsp3) is 0.500. The monoisotopic (exact) mass is 178 g/mol. The smallest absolute Gasteiger partial charge is 0.299 e. The average Bonchev–Trinajstić information content (AvgIpc) is 2.46. The molecule has 0 atom stereocenters. The Morgan fingerprint density at radius 3 is 2.54 bits per heavy atom. The number of aromatic nitrogens is 2. The lowest BCUT2D eigenvalue weighted by atomic mass is 10.4. The number of hydrogen-bond donors (Lipinski definition) is 0. The van der Waals surface area contributed by atoms with Crippen molar-refractivity contribution in [2.45, 2.75) is 32.9 Å². The molecular weight excluding hydrogens is 164 g/mol. The zero-order chi connectivity index (χ0) is 9.68. The van der Waals surface area contributed by atoms with E-state index < -0.39 is 0 Å². The van der Waals surface area contributed by atoms with Crippen LogP contribution >= 0.6 is 0 Å². The first-order valence-corrected chi connectivity index (χ1v) is 4.48. The summed E-state index contributed by atoms with van der Waals surface area (Å²) in [7, 11) is 0. The third kappa shape index (κ3) is 2.25. The highest BCUT2D eigenvalue weighted by molar-refractivity contribution is 4.87. The molecule has 0 N–H and O–H groups in total. The maximum atomic E-state index is 11.5. The highest BCUT2D eigenvalue weighted by Crippen LogP contribution is 1.89. The number of imidazole rings is 1. The van der Waals surface area contributed by atoms with E-state index in [1.54, 1.807) is 15.3 Å². The molecule has 0 aromatic carbocycles. The Morgan fingerprint density at radius 2 is 2.00 bits per heavy atom. The summed E-state index contributed by atoms with van der Waals surface area (Å²) in [6, 6.07) is 0. The fourth-order valence-electron chi connectivity index (χ4n) is 1.22. The van der Waals surface area contributed by atoms with Crippen LogP contribution in [0, 0.1) is 12.3 Å². The second-order valence-electron chi connectivity index (χ2n) is 2.92. The second kappa shape index (κ2) is 4.56. The molecule has 1 rings (SSSR count). The van der Waals surface area contributed by atoms with Crippen molar-refractivity contribution in [3.63, 3.8) is 0 Å². The van der Waals surface area contributed by atoms with Gasteiger partial charge in [-0.25, -0.2) is 4.79 Å². The number of rotatable bonds is 4. The molecule has 0 bridgehead atoms. The molecule has 3 nitrogen and oxygen atoms in total. The molecule has 0 fully saturated rings. The van der Waals surface area contributed by atoms with E-state index in [0.717, 1.165) is 13.0 Å². The van der Waals surface area contributed by atoms with Crippen molar-refractivity contribution in [1.82, 2.24) is 9.13 Å². The normalized spacial score (nSPS) is 9.85. The van der Waals surface area contributed by atoms with Gasteiger partial charge >= 0.3 is 5.69 Å². The first kappa shape index (κ1) is 9.66. The minimum absolute atomic E-state index is 0.0390. The van der Waals surface area contributed by atoms with Crippen LogP contribution in [0.4, 0.5) is 0 Å². The summed E-state index contributed by atoms with van der Waals surface area (Å²) in [5.41, 5.74) is 0.0390. The van der Waals surface area contributed by atoms with Crippen LogP contribution in [0.1, 0.15) is 19.8 Å². The first-order chi connectivity index (χ1) is 6.29. The lowest BCUT2D eigenvalue weighted by Crippen LogP contribution is -2.23. The fourth-order valence-corrected chi connectivity index (χ4v) is 1.22. The summed E-state index contributed by atoms with van der Waals surface area (Å²) in [6.07, 6.45) is 10.3. The second-order valence-corrected chi connectivity index (χ2v) is 2.92. The van der Waals surface area contributed by atoms with Gasteiger partial charge in [0, 0.05) is 31.9 Å². The Bertz CT molecular complexity index is 354. The molecule has 0 aliphatic carbocycles. The lowest BCUT2D eigenvalue weighted by Gasteiger charge is -1.97. The molecule has 0 radical (unpaired) electrons. The van der Waals surface area contributed by atoms with Crippen molar-refractivity contribution in [2.75, 3.05) is 0 Å². The van der Waals surface area contributed by atoms with Crippen molar-refractivity contribution in [3.8, 4) is 12.3 Å². The summed E-state index contributed by atoms with van der Waals surface area (Å²) >= 11 is 0. The zero-order valence-electron chi connectivity index (χ0n) is 7.86. The molecule has 0 aliphatic heterocycles. The Balaban J connectivity index is 2.76. The van der Waals surface area contributed by atoms with Crippen molar-refractivity contribution in [2.24, 2.45) is 0 Å². The first-order valence-electron chi connectivity index (χ1n) is 4.48. The molecule has 3 heteroatoms. The molecule has 70 valence electrons. The minimum atomic E-state index is 0.0390. The highest BCUT2D eigenvalue weighted by atomic mass is 16.1. The number of aryl methyl sites for hydroxylation is 2. The standard InChI is InChI=1S/C10H14N2O/c1-3-5-7-12-9-8-11(6-4-2)10(12)13/h1,8-9H,4-7H2,2H3.